The van der Waals surface area contributed by atoms with Gasteiger partial charge in [0.15, 0.2) is 0 Å². The van der Waals surface area contributed by atoms with E-state index < -0.39 is 17.6 Å². The number of fused-ring (bicyclic) bond motifs is 1. The summed E-state index contributed by atoms with van der Waals surface area (Å²) < 4.78 is 10.4. The Balaban J connectivity index is 1.62. The number of ether oxygens (including phenoxy) is 2. The summed E-state index contributed by atoms with van der Waals surface area (Å²) in [7, 11) is 0. The minimum atomic E-state index is -0.678. The van der Waals surface area contributed by atoms with Crippen molar-refractivity contribution in [2.24, 2.45) is 22.7 Å². The van der Waals surface area contributed by atoms with Gasteiger partial charge in [-0.1, -0.05) is 38.2 Å². The van der Waals surface area contributed by atoms with Crippen LogP contribution in [0.25, 0.3) is 0 Å². The van der Waals surface area contributed by atoms with Crippen LogP contribution in [0.4, 0.5) is 0 Å². The van der Waals surface area contributed by atoms with E-state index in [0.717, 1.165) is 12.0 Å². The van der Waals surface area contributed by atoms with Gasteiger partial charge in [0.25, 0.3) is 0 Å². The molecular formula is C27H40N2O6. The number of allylic oxidation sites excluding steroid dienone is 1. The lowest BCUT2D eigenvalue weighted by atomic mass is 9.45. The molecule has 3 fully saturated rings. The number of cyclic esters (lactones) is 1. The fraction of sp³-hybridized carbons (Fsp3) is 0.704. The molecule has 4 unspecified atom stereocenters. The van der Waals surface area contributed by atoms with Gasteiger partial charge >= 0.3 is 5.97 Å². The average Bonchev–Trinajstić information content (AvgIpc) is 3.27. The monoisotopic (exact) mass is 488 g/mol. The molecule has 35 heavy (non-hydrogen) atoms. The van der Waals surface area contributed by atoms with Crippen LogP contribution in [0.1, 0.15) is 40.0 Å². The first kappa shape index (κ1) is 26.1. The Morgan fingerprint density at radius 2 is 2.09 bits per heavy atom. The maximum Gasteiger partial charge on any atom is 0.338 e. The zero-order valence-electron chi connectivity index (χ0n) is 21.2. The third-order valence-electron chi connectivity index (χ3n) is 9.05. The Bertz CT molecular complexity index is 909. The van der Waals surface area contributed by atoms with E-state index >= 15 is 0 Å². The van der Waals surface area contributed by atoms with Crippen molar-refractivity contribution in [3.8, 4) is 0 Å². The number of amides is 1. The van der Waals surface area contributed by atoms with Gasteiger partial charge < -0.3 is 24.6 Å². The van der Waals surface area contributed by atoms with Crippen molar-refractivity contribution >= 4 is 11.9 Å². The van der Waals surface area contributed by atoms with E-state index in [1.807, 2.05) is 30.9 Å². The number of nitrogens with one attached hydrogen (secondary N) is 1. The summed E-state index contributed by atoms with van der Waals surface area (Å²) in [4.78, 5) is 27.0. The zero-order valence-corrected chi connectivity index (χ0v) is 21.2. The molecule has 0 aromatic carbocycles. The Morgan fingerprint density at radius 3 is 2.71 bits per heavy atom. The van der Waals surface area contributed by atoms with Gasteiger partial charge in [-0.25, -0.2) is 4.79 Å². The molecule has 3 N–H and O–H groups in total. The number of rotatable bonds is 6. The number of carbonyl (C=O) groups excluding carboxylic acids is 2. The lowest BCUT2D eigenvalue weighted by Gasteiger charge is -2.61. The van der Waals surface area contributed by atoms with Gasteiger partial charge in [0.1, 0.15) is 6.61 Å². The highest BCUT2D eigenvalue weighted by Crippen LogP contribution is 2.61. The molecule has 2 saturated carbocycles. The molecular weight excluding hydrogens is 448 g/mol. The maximum absolute atomic E-state index is 13.1. The number of hydrogen-bond acceptors (Lipinski definition) is 7. The normalized spacial score (nSPS) is 38.8. The molecule has 0 radical (unpaired) electrons. The topological polar surface area (TPSA) is 108 Å². The quantitative estimate of drug-likeness (QED) is 0.385. The van der Waals surface area contributed by atoms with E-state index in [0.29, 0.717) is 44.7 Å². The largest absolute Gasteiger partial charge is 0.458 e. The van der Waals surface area contributed by atoms with E-state index in [1.165, 1.54) is 0 Å². The van der Waals surface area contributed by atoms with E-state index in [-0.39, 0.29) is 48.4 Å². The Hall–Kier alpha value is -2.00. The summed E-state index contributed by atoms with van der Waals surface area (Å²) in [6, 6.07) is -0.589. The van der Waals surface area contributed by atoms with E-state index in [1.54, 1.807) is 6.08 Å². The number of esters is 1. The standard InChI is InChI=1S/C27H40N2O6/c1-17-20(6-5-19-8-12-35-25(19)33)26(3)9-7-23(31)27(4,16-30)22(26)15-21(17)28-18(2)24(32)29-10-13-34-14-11-29/h5-6,8,18,20-23,28,30-31H,1,7,9-16H2,2-4H3/b6-5+/t18?,20?,21?,22?,23-,26-,27+/m1/s1. The lowest BCUT2D eigenvalue weighted by Crippen LogP contribution is -2.62. The molecule has 2 heterocycles. The van der Waals surface area contributed by atoms with Crippen LogP contribution in [0.5, 0.6) is 0 Å². The second-order valence-electron chi connectivity index (χ2n) is 11.1. The van der Waals surface area contributed by atoms with Crippen LogP contribution in [-0.2, 0) is 19.1 Å². The predicted octanol–water partition coefficient (Wildman–Crippen LogP) is 1.58. The van der Waals surface area contributed by atoms with Crippen LogP contribution >= 0.6 is 0 Å². The van der Waals surface area contributed by atoms with Crippen molar-refractivity contribution in [2.75, 3.05) is 39.5 Å². The number of aliphatic hydroxyl groups excluding tert-OH is 2. The Kier molecular flexibility index (Phi) is 7.57. The van der Waals surface area contributed by atoms with Crippen molar-refractivity contribution in [3.63, 3.8) is 0 Å². The molecule has 7 atom stereocenters. The third-order valence-corrected chi connectivity index (χ3v) is 9.05. The van der Waals surface area contributed by atoms with Gasteiger partial charge in [-0.05, 0) is 43.6 Å². The van der Waals surface area contributed by atoms with Crippen LogP contribution in [0.15, 0.2) is 36.0 Å². The van der Waals surface area contributed by atoms with E-state index in [9.17, 15) is 19.8 Å². The van der Waals surface area contributed by atoms with Crippen molar-refractivity contribution in [3.05, 3.63) is 36.0 Å². The third kappa shape index (κ3) is 4.73. The molecule has 2 aliphatic carbocycles. The molecule has 0 bridgehead atoms. The Labute approximate surface area is 208 Å². The number of morpholine rings is 1. The van der Waals surface area contributed by atoms with Crippen molar-refractivity contribution in [2.45, 2.75) is 58.2 Å². The number of hydrogen-bond donors (Lipinski definition) is 3. The van der Waals surface area contributed by atoms with Crippen molar-refractivity contribution in [1.29, 1.82) is 0 Å². The first-order chi connectivity index (χ1) is 16.6. The minimum absolute atomic E-state index is 0.0170. The zero-order chi connectivity index (χ0) is 25.4. The molecule has 4 aliphatic rings. The summed E-state index contributed by atoms with van der Waals surface area (Å²) in [5.74, 6) is -0.411. The van der Waals surface area contributed by atoms with Crippen LogP contribution in [0.3, 0.4) is 0 Å². The Morgan fingerprint density at radius 1 is 1.37 bits per heavy atom. The van der Waals surface area contributed by atoms with Gasteiger partial charge in [-0.3, -0.25) is 10.1 Å². The number of carbonyl (C=O) groups is 2. The second-order valence-corrected chi connectivity index (χ2v) is 11.1. The minimum Gasteiger partial charge on any atom is -0.458 e. The van der Waals surface area contributed by atoms with Gasteiger partial charge in [-0.15, -0.1) is 0 Å². The molecule has 0 aromatic heterocycles. The fourth-order valence-electron chi connectivity index (χ4n) is 6.75. The van der Waals surface area contributed by atoms with E-state index in [4.69, 9.17) is 9.47 Å². The van der Waals surface area contributed by atoms with Crippen molar-refractivity contribution < 1.29 is 29.3 Å². The molecule has 8 heteroatoms. The fourth-order valence-corrected chi connectivity index (χ4v) is 6.75. The smallest absolute Gasteiger partial charge is 0.338 e. The average molecular weight is 489 g/mol. The van der Waals surface area contributed by atoms with Crippen LogP contribution < -0.4 is 5.32 Å². The molecule has 194 valence electrons. The molecule has 1 saturated heterocycles. The SMILES string of the molecule is C=C1C(NC(C)C(=O)N2CCOCC2)CC2[C@](C)(CC[C@@H](O)[C@@]2(C)CO)C1/C=C/C1=CCOC1=O. The van der Waals surface area contributed by atoms with E-state index in [2.05, 4.69) is 18.8 Å². The second kappa shape index (κ2) is 10.2. The number of nitrogens with zero attached hydrogens (tertiary/aromatic N) is 1. The molecule has 0 spiro atoms. The van der Waals surface area contributed by atoms with Gasteiger partial charge in [-0.2, -0.15) is 0 Å². The van der Waals surface area contributed by atoms with Crippen LogP contribution in [0, 0.1) is 22.7 Å². The summed E-state index contributed by atoms with van der Waals surface area (Å²) in [6.07, 6.45) is 7.05. The molecule has 2 aliphatic heterocycles. The van der Waals surface area contributed by atoms with Gasteiger partial charge in [0.05, 0.1) is 37.5 Å². The first-order valence-corrected chi connectivity index (χ1v) is 12.8. The molecule has 8 nitrogen and oxygen atoms in total. The lowest BCUT2D eigenvalue weighted by molar-refractivity contribution is -0.150. The highest BCUT2D eigenvalue weighted by atomic mass is 16.5. The predicted molar refractivity (Wildman–Crippen MR) is 131 cm³/mol. The van der Waals surface area contributed by atoms with Crippen molar-refractivity contribution in [1.82, 2.24) is 10.2 Å². The summed E-state index contributed by atoms with van der Waals surface area (Å²) >= 11 is 0. The molecule has 1 amide bonds. The van der Waals surface area contributed by atoms with Gasteiger partial charge in [0.2, 0.25) is 5.91 Å². The molecule has 4 rings (SSSR count). The summed E-state index contributed by atoms with van der Waals surface area (Å²) in [5, 5.41) is 24.9. The van der Waals surface area contributed by atoms with Crippen LogP contribution in [0.2, 0.25) is 0 Å². The highest BCUT2D eigenvalue weighted by molar-refractivity contribution is 5.93. The number of aliphatic hydroxyl groups is 2. The highest BCUT2D eigenvalue weighted by Gasteiger charge is 2.59. The first-order valence-electron chi connectivity index (χ1n) is 12.8. The summed E-state index contributed by atoms with van der Waals surface area (Å²) in [6.45, 7) is 13.0. The summed E-state index contributed by atoms with van der Waals surface area (Å²) in [5.41, 5.74) is 0.557. The molecule has 0 aromatic rings. The van der Waals surface area contributed by atoms with Crippen LogP contribution in [-0.4, -0.2) is 84.7 Å². The maximum atomic E-state index is 13.1. The van der Waals surface area contributed by atoms with Gasteiger partial charge in [0, 0.05) is 30.5 Å².